The van der Waals surface area contributed by atoms with E-state index in [0.717, 1.165) is 6.07 Å². The van der Waals surface area contributed by atoms with Crippen LogP contribution in [0.5, 0.6) is 5.75 Å². The molecule has 1 aromatic carbocycles. The first-order chi connectivity index (χ1) is 7.20. The summed E-state index contributed by atoms with van der Waals surface area (Å²) in [4.78, 5) is 10.6. The quantitative estimate of drug-likeness (QED) is 0.839. The zero-order chi connectivity index (χ0) is 12.5. The van der Waals surface area contributed by atoms with Crippen LogP contribution in [0.25, 0.3) is 0 Å². The highest BCUT2D eigenvalue weighted by Crippen LogP contribution is 2.33. The Kier molecular flexibility index (Phi) is 3.47. The van der Waals surface area contributed by atoms with Gasteiger partial charge in [-0.3, -0.25) is 0 Å². The molecule has 0 fully saturated rings. The first kappa shape index (κ1) is 12.8. The predicted molar refractivity (Wildman–Crippen MR) is 49.9 cm³/mol. The predicted octanol–water partition coefficient (Wildman–Crippen LogP) is 2.02. The number of aromatic carboxylic acids is 1. The summed E-state index contributed by atoms with van der Waals surface area (Å²) in [5.41, 5.74) is -0.0686. The molecule has 0 unspecified atom stereocenters. The summed E-state index contributed by atoms with van der Waals surface area (Å²) < 4.78 is 39.3. The molecule has 0 aliphatic rings. The molecule has 0 aromatic heterocycles. The van der Waals surface area contributed by atoms with Crippen LogP contribution >= 0.6 is 15.9 Å². The molecule has 0 bridgehead atoms. The lowest BCUT2D eigenvalue weighted by atomic mass is 10.1. The van der Waals surface area contributed by atoms with Gasteiger partial charge in [-0.2, -0.15) is 0 Å². The van der Waals surface area contributed by atoms with E-state index in [1.807, 2.05) is 0 Å². The summed E-state index contributed by atoms with van der Waals surface area (Å²) in [7, 11) is 0. The second-order valence-electron chi connectivity index (χ2n) is 2.96. The number of carbonyl (C=O) groups is 1. The van der Waals surface area contributed by atoms with Crippen LogP contribution in [0, 0.1) is 6.92 Å². The lowest BCUT2D eigenvalue weighted by molar-refractivity contribution is -0.275. The first-order valence-corrected chi connectivity index (χ1v) is 4.77. The van der Waals surface area contributed by atoms with Gasteiger partial charge in [0.1, 0.15) is 5.75 Å². The zero-order valence-electron chi connectivity index (χ0n) is 7.89. The molecular formula is C9H5BrF3O3-. The van der Waals surface area contributed by atoms with Gasteiger partial charge in [-0.05, 0) is 40.5 Å². The molecule has 0 radical (unpaired) electrons. The van der Waals surface area contributed by atoms with Crippen LogP contribution in [0.15, 0.2) is 16.6 Å². The smallest absolute Gasteiger partial charge is 0.545 e. The third-order valence-corrected chi connectivity index (χ3v) is 2.45. The number of ether oxygens (including phenoxy) is 1. The van der Waals surface area contributed by atoms with E-state index in [0.29, 0.717) is 5.56 Å². The molecule has 88 valence electrons. The van der Waals surface area contributed by atoms with Crippen LogP contribution in [0.1, 0.15) is 15.9 Å². The van der Waals surface area contributed by atoms with Crippen LogP contribution < -0.4 is 9.84 Å². The third-order valence-electron chi connectivity index (χ3n) is 1.63. The minimum Gasteiger partial charge on any atom is -0.545 e. The monoisotopic (exact) mass is 297 g/mol. The first-order valence-electron chi connectivity index (χ1n) is 3.98. The van der Waals surface area contributed by atoms with Crippen molar-refractivity contribution in [3.05, 3.63) is 27.7 Å². The fraction of sp³-hybridized carbons (Fsp3) is 0.222. The molecule has 0 aliphatic carbocycles. The Labute approximate surface area is 97.0 Å². The second kappa shape index (κ2) is 4.32. The lowest BCUT2D eigenvalue weighted by Gasteiger charge is -2.14. The summed E-state index contributed by atoms with van der Waals surface area (Å²) in [5, 5.41) is 10.6. The normalized spacial score (nSPS) is 11.3. The number of rotatable bonds is 2. The van der Waals surface area contributed by atoms with Gasteiger partial charge in [0.05, 0.1) is 10.4 Å². The molecule has 0 atom stereocenters. The van der Waals surface area contributed by atoms with Crippen molar-refractivity contribution >= 4 is 21.9 Å². The van der Waals surface area contributed by atoms with Gasteiger partial charge < -0.3 is 14.6 Å². The topological polar surface area (TPSA) is 49.4 Å². The summed E-state index contributed by atoms with van der Waals surface area (Å²) in [6.07, 6.45) is -4.88. The third kappa shape index (κ3) is 3.13. The summed E-state index contributed by atoms with van der Waals surface area (Å²) in [6, 6.07) is 2.26. The van der Waals surface area contributed by atoms with Gasteiger partial charge in [-0.15, -0.1) is 13.2 Å². The Morgan fingerprint density at radius 2 is 2.00 bits per heavy atom. The Bertz CT molecular complexity index is 429. The Morgan fingerprint density at radius 1 is 1.44 bits per heavy atom. The van der Waals surface area contributed by atoms with Crippen molar-refractivity contribution in [2.75, 3.05) is 0 Å². The molecule has 1 rings (SSSR count). The highest BCUT2D eigenvalue weighted by atomic mass is 79.9. The molecule has 0 spiro atoms. The number of carbonyl (C=O) groups excluding carboxylic acids is 1. The average molecular weight is 298 g/mol. The van der Waals surface area contributed by atoms with E-state index >= 15 is 0 Å². The van der Waals surface area contributed by atoms with Crippen molar-refractivity contribution < 1.29 is 27.8 Å². The van der Waals surface area contributed by atoms with Gasteiger partial charge in [0, 0.05) is 5.56 Å². The number of hydrogen-bond donors (Lipinski definition) is 0. The standard InChI is InChI=1S/C9H6BrF3O3/c1-4-2-5(8(14)15)7(10)6(3-4)16-9(11,12)13/h2-3H,1H3,(H,14,15)/p-1. The molecular weight excluding hydrogens is 293 g/mol. The van der Waals surface area contributed by atoms with E-state index < -0.39 is 18.1 Å². The lowest BCUT2D eigenvalue weighted by Crippen LogP contribution is -2.24. The van der Waals surface area contributed by atoms with Crippen molar-refractivity contribution in [2.24, 2.45) is 0 Å². The molecule has 0 saturated carbocycles. The van der Waals surface area contributed by atoms with Gasteiger partial charge in [-0.1, -0.05) is 0 Å². The Morgan fingerprint density at radius 3 is 2.44 bits per heavy atom. The van der Waals surface area contributed by atoms with Crippen LogP contribution in [0.3, 0.4) is 0 Å². The van der Waals surface area contributed by atoms with Gasteiger partial charge >= 0.3 is 6.36 Å². The van der Waals surface area contributed by atoms with E-state index in [4.69, 9.17) is 0 Å². The van der Waals surface area contributed by atoms with Crippen molar-refractivity contribution in [2.45, 2.75) is 13.3 Å². The maximum Gasteiger partial charge on any atom is 0.573 e. The Hall–Kier alpha value is -1.24. The maximum absolute atomic E-state index is 12.0. The van der Waals surface area contributed by atoms with Crippen LogP contribution in [0.2, 0.25) is 0 Å². The van der Waals surface area contributed by atoms with E-state index in [1.165, 1.54) is 13.0 Å². The minimum atomic E-state index is -4.88. The van der Waals surface area contributed by atoms with Crippen molar-refractivity contribution in [3.63, 3.8) is 0 Å². The maximum atomic E-state index is 12.0. The number of carboxylic acids is 1. The Balaban J connectivity index is 3.25. The summed E-state index contributed by atoms with van der Waals surface area (Å²) in [5.74, 6) is -2.19. The molecule has 7 heteroatoms. The number of alkyl halides is 3. The summed E-state index contributed by atoms with van der Waals surface area (Å²) >= 11 is 2.72. The SMILES string of the molecule is Cc1cc(OC(F)(F)F)c(Br)c(C(=O)[O-])c1. The molecule has 0 N–H and O–H groups in total. The van der Waals surface area contributed by atoms with E-state index in [2.05, 4.69) is 20.7 Å². The van der Waals surface area contributed by atoms with E-state index in [9.17, 15) is 23.1 Å². The van der Waals surface area contributed by atoms with Crippen LogP contribution in [0.4, 0.5) is 13.2 Å². The molecule has 0 aliphatic heterocycles. The molecule has 0 heterocycles. The number of benzene rings is 1. The molecule has 16 heavy (non-hydrogen) atoms. The van der Waals surface area contributed by atoms with Gasteiger partial charge in [0.2, 0.25) is 0 Å². The van der Waals surface area contributed by atoms with Crippen molar-refractivity contribution in [3.8, 4) is 5.75 Å². The largest absolute Gasteiger partial charge is 0.573 e. The number of hydrogen-bond acceptors (Lipinski definition) is 3. The van der Waals surface area contributed by atoms with Crippen LogP contribution in [-0.4, -0.2) is 12.3 Å². The summed E-state index contributed by atoms with van der Waals surface area (Å²) in [6.45, 7) is 1.45. The molecule has 1 aromatic rings. The molecule has 0 amide bonds. The zero-order valence-corrected chi connectivity index (χ0v) is 9.48. The second-order valence-corrected chi connectivity index (χ2v) is 3.75. The van der Waals surface area contributed by atoms with Crippen molar-refractivity contribution in [1.82, 2.24) is 0 Å². The van der Waals surface area contributed by atoms with Gasteiger partial charge in [-0.25, -0.2) is 0 Å². The highest BCUT2D eigenvalue weighted by molar-refractivity contribution is 9.10. The number of halogens is 4. The number of aryl methyl sites for hydroxylation is 1. The van der Waals surface area contributed by atoms with Crippen LogP contribution in [-0.2, 0) is 0 Å². The highest BCUT2D eigenvalue weighted by Gasteiger charge is 2.32. The minimum absolute atomic E-state index is 0.296. The average Bonchev–Trinajstić information content (AvgIpc) is 2.07. The van der Waals surface area contributed by atoms with E-state index in [1.54, 1.807) is 0 Å². The fourth-order valence-corrected chi connectivity index (χ4v) is 1.55. The van der Waals surface area contributed by atoms with Gasteiger partial charge in [0.15, 0.2) is 0 Å². The van der Waals surface area contributed by atoms with Gasteiger partial charge in [0.25, 0.3) is 0 Å². The fourth-order valence-electron chi connectivity index (χ4n) is 1.08. The molecule has 3 nitrogen and oxygen atoms in total. The van der Waals surface area contributed by atoms with Crippen molar-refractivity contribution in [1.29, 1.82) is 0 Å². The van der Waals surface area contributed by atoms with E-state index in [-0.39, 0.29) is 10.0 Å². The molecule has 0 saturated heterocycles. The number of carboxylic acid groups (broad SMARTS) is 1.